The molecule has 0 radical (unpaired) electrons. The van der Waals surface area contributed by atoms with Gasteiger partial charge in [0.15, 0.2) is 17.3 Å². The maximum absolute atomic E-state index is 13.2. The molecule has 0 bridgehead atoms. The van der Waals surface area contributed by atoms with Crippen LogP contribution in [-0.2, 0) is 6.42 Å². The zero-order chi connectivity index (χ0) is 13.1. The molecule has 0 saturated heterocycles. The molecule has 94 valence electrons. The molecule has 4 heteroatoms. The Morgan fingerprint density at radius 1 is 1.33 bits per heavy atom. The van der Waals surface area contributed by atoms with Crippen LogP contribution in [0, 0.1) is 5.82 Å². The van der Waals surface area contributed by atoms with Crippen LogP contribution in [0.1, 0.15) is 28.8 Å². The molecule has 3 nitrogen and oxygen atoms in total. The zero-order valence-electron chi connectivity index (χ0n) is 10.2. The summed E-state index contributed by atoms with van der Waals surface area (Å²) < 4.78 is 23.4. The molecule has 2 rings (SSSR count). The van der Waals surface area contributed by atoms with E-state index >= 15 is 0 Å². The van der Waals surface area contributed by atoms with E-state index in [1.807, 2.05) is 6.92 Å². The van der Waals surface area contributed by atoms with E-state index in [9.17, 15) is 9.18 Å². The molecule has 0 fully saturated rings. The SMILES string of the molecule is CCc1ccc(C(=O)c2ccc(F)c(OC)c2)o1. The van der Waals surface area contributed by atoms with Crippen LogP contribution in [0.25, 0.3) is 0 Å². The van der Waals surface area contributed by atoms with Crippen LogP contribution in [0.3, 0.4) is 0 Å². The zero-order valence-corrected chi connectivity index (χ0v) is 10.2. The Balaban J connectivity index is 2.33. The Morgan fingerprint density at radius 2 is 2.11 bits per heavy atom. The second kappa shape index (κ2) is 5.04. The van der Waals surface area contributed by atoms with Crippen molar-refractivity contribution in [3.63, 3.8) is 0 Å². The van der Waals surface area contributed by atoms with Crippen LogP contribution in [0.15, 0.2) is 34.7 Å². The summed E-state index contributed by atoms with van der Waals surface area (Å²) in [4.78, 5) is 12.1. The number of hydrogen-bond acceptors (Lipinski definition) is 3. The van der Waals surface area contributed by atoms with E-state index in [0.29, 0.717) is 5.56 Å². The molecule has 0 saturated carbocycles. The van der Waals surface area contributed by atoms with Crippen molar-refractivity contribution in [1.82, 2.24) is 0 Å². The average molecular weight is 248 g/mol. The van der Waals surface area contributed by atoms with Crippen LogP contribution in [0.5, 0.6) is 5.75 Å². The third-order valence-corrected chi connectivity index (χ3v) is 2.65. The molecule has 0 spiro atoms. The smallest absolute Gasteiger partial charge is 0.228 e. The maximum atomic E-state index is 13.2. The third-order valence-electron chi connectivity index (χ3n) is 2.65. The summed E-state index contributed by atoms with van der Waals surface area (Å²) in [6.07, 6.45) is 0.722. The van der Waals surface area contributed by atoms with E-state index in [2.05, 4.69) is 0 Å². The van der Waals surface area contributed by atoms with E-state index < -0.39 is 5.82 Å². The lowest BCUT2D eigenvalue weighted by atomic mass is 10.1. The lowest BCUT2D eigenvalue weighted by molar-refractivity contribution is 0.101. The van der Waals surface area contributed by atoms with E-state index in [-0.39, 0.29) is 17.3 Å². The first kappa shape index (κ1) is 12.4. The molecule has 1 aromatic heterocycles. The Labute approximate surface area is 104 Å². The largest absolute Gasteiger partial charge is 0.494 e. The van der Waals surface area contributed by atoms with E-state index in [4.69, 9.17) is 9.15 Å². The number of furan rings is 1. The van der Waals surface area contributed by atoms with Gasteiger partial charge in [0.25, 0.3) is 0 Å². The summed E-state index contributed by atoms with van der Waals surface area (Å²) >= 11 is 0. The molecular formula is C14H13FO3. The number of hydrogen-bond donors (Lipinski definition) is 0. The van der Waals surface area contributed by atoms with Crippen molar-refractivity contribution in [2.24, 2.45) is 0 Å². The molecule has 0 aliphatic heterocycles. The van der Waals surface area contributed by atoms with Gasteiger partial charge in [-0.3, -0.25) is 4.79 Å². The minimum absolute atomic E-state index is 0.0446. The predicted octanol–water partition coefficient (Wildman–Crippen LogP) is 3.22. The molecule has 0 unspecified atom stereocenters. The van der Waals surface area contributed by atoms with Gasteiger partial charge < -0.3 is 9.15 Å². The van der Waals surface area contributed by atoms with E-state index in [1.54, 1.807) is 12.1 Å². The molecule has 0 N–H and O–H groups in total. The van der Waals surface area contributed by atoms with Gasteiger partial charge >= 0.3 is 0 Å². The lowest BCUT2D eigenvalue weighted by Gasteiger charge is -2.03. The van der Waals surface area contributed by atoms with Crippen molar-refractivity contribution < 1.29 is 18.3 Å². The van der Waals surface area contributed by atoms with Crippen LogP contribution < -0.4 is 4.74 Å². The van der Waals surface area contributed by atoms with Crippen molar-refractivity contribution in [1.29, 1.82) is 0 Å². The van der Waals surface area contributed by atoms with Gasteiger partial charge in [-0.25, -0.2) is 4.39 Å². The molecule has 2 aromatic rings. The summed E-state index contributed by atoms with van der Waals surface area (Å²) in [6.45, 7) is 1.94. The first-order valence-corrected chi connectivity index (χ1v) is 5.62. The quantitative estimate of drug-likeness (QED) is 0.780. The van der Waals surface area contributed by atoms with Crippen molar-refractivity contribution in [3.05, 3.63) is 53.2 Å². The minimum Gasteiger partial charge on any atom is -0.494 e. The van der Waals surface area contributed by atoms with E-state index in [1.165, 1.54) is 25.3 Å². The highest BCUT2D eigenvalue weighted by atomic mass is 19.1. The monoisotopic (exact) mass is 248 g/mol. The highest BCUT2D eigenvalue weighted by Gasteiger charge is 2.15. The second-order valence-electron chi connectivity index (χ2n) is 3.80. The number of rotatable bonds is 4. The van der Waals surface area contributed by atoms with Crippen molar-refractivity contribution >= 4 is 5.78 Å². The van der Waals surface area contributed by atoms with Crippen LogP contribution in [-0.4, -0.2) is 12.9 Å². The number of halogens is 1. The number of methoxy groups -OCH3 is 1. The summed E-state index contributed by atoms with van der Waals surface area (Å²) in [7, 11) is 1.36. The first-order valence-electron chi connectivity index (χ1n) is 5.62. The lowest BCUT2D eigenvalue weighted by Crippen LogP contribution is -2.01. The molecule has 0 aliphatic carbocycles. The Morgan fingerprint density at radius 3 is 2.72 bits per heavy atom. The van der Waals surface area contributed by atoms with Gasteiger partial charge in [-0.2, -0.15) is 0 Å². The normalized spacial score (nSPS) is 10.4. The first-order chi connectivity index (χ1) is 8.65. The summed E-state index contributed by atoms with van der Waals surface area (Å²) in [5, 5.41) is 0. The van der Waals surface area contributed by atoms with Gasteiger partial charge in [0.1, 0.15) is 5.76 Å². The molecule has 0 aliphatic rings. The van der Waals surface area contributed by atoms with Gasteiger partial charge in [-0.1, -0.05) is 6.92 Å². The topological polar surface area (TPSA) is 39.4 Å². The predicted molar refractivity (Wildman–Crippen MR) is 64.5 cm³/mol. The molecule has 1 heterocycles. The number of ketones is 1. The summed E-state index contributed by atoms with van der Waals surface area (Å²) in [6, 6.07) is 7.36. The van der Waals surface area contributed by atoms with E-state index in [0.717, 1.165) is 12.2 Å². The fraction of sp³-hybridized carbons (Fsp3) is 0.214. The van der Waals surface area contributed by atoms with Crippen LogP contribution in [0.2, 0.25) is 0 Å². The number of aryl methyl sites for hydroxylation is 1. The Hall–Kier alpha value is -2.10. The minimum atomic E-state index is -0.497. The number of carbonyl (C=O) groups excluding carboxylic acids is 1. The van der Waals surface area contributed by atoms with Gasteiger partial charge in [-0.05, 0) is 30.3 Å². The fourth-order valence-corrected chi connectivity index (χ4v) is 1.63. The fourth-order valence-electron chi connectivity index (χ4n) is 1.63. The highest BCUT2D eigenvalue weighted by Crippen LogP contribution is 2.21. The van der Waals surface area contributed by atoms with Crippen LogP contribution in [0.4, 0.5) is 4.39 Å². The second-order valence-corrected chi connectivity index (χ2v) is 3.80. The molecule has 0 amide bonds. The van der Waals surface area contributed by atoms with Crippen molar-refractivity contribution in [2.45, 2.75) is 13.3 Å². The summed E-state index contributed by atoms with van der Waals surface area (Å²) in [5.74, 6) is 0.256. The molecule has 18 heavy (non-hydrogen) atoms. The van der Waals surface area contributed by atoms with Gasteiger partial charge in [0.05, 0.1) is 7.11 Å². The number of carbonyl (C=O) groups is 1. The standard InChI is InChI=1S/C14H13FO3/c1-3-10-5-7-12(18-10)14(16)9-4-6-11(15)13(8-9)17-2/h4-8H,3H2,1-2H3. The van der Waals surface area contributed by atoms with Gasteiger partial charge in [0, 0.05) is 12.0 Å². The van der Waals surface area contributed by atoms with Crippen molar-refractivity contribution in [3.8, 4) is 5.75 Å². The van der Waals surface area contributed by atoms with Crippen molar-refractivity contribution in [2.75, 3.05) is 7.11 Å². The Bertz CT molecular complexity index is 572. The Kier molecular flexibility index (Phi) is 3.46. The number of benzene rings is 1. The average Bonchev–Trinajstić information content (AvgIpc) is 2.87. The molecule has 0 atom stereocenters. The van der Waals surface area contributed by atoms with Crippen LogP contribution >= 0.6 is 0 Å². The third kappa shape index (κ3) is 2.27. The maximum Gasteiger partial charge on any atom is 0.228 e. The van der Waals surface area contributed by atoms with Gasteiger partial charge in [-0.15, -0.1) is 0 Å². The molecule has 1 aromatic carbocycles. The number of ether oxygens (including phenoxy) is 1. The molecular weight excluding hydrogens is 235 g/mol. The van der Waals surface area contributed by atoms with Gasteiger partial charge in [0.2, 0.25) is 5.78 Å². The highest BCUT2D eigenvalue weighted by molar-refractivity contribution is 6.07. The summed E-state index contributed by atoms with van der Waals surface area (Å²) in [5.41, 5.74) is 0.338.